The molecule has 11 rings (SSSR count). The molecule has 0 amide bonds. The van der Waals surface area contributed by atoms with Crippen LogP contribution in [0.25, 0.3) is 0 Å². The van der Waals surface area contributed by atoms with Crippen LogP contribution < -0.4 is 0 Å². The maximum atomic E-state index is 11.7. The van der Waals surface area contributed by atoms with Crippen LogP contribution in [-0.2, 0) is 61.9 Å². The van der Waals surface area contributed by atoms with Gasteiger partial charge < -0.3 is 33.2 Å². The third-order valence-corrected chi connectivity index (χ3v) is 14.3. The number of hydrogen-bond acceptors (Lipinski definition) is 13. The van der Waals surface area contributed by atoms with Gasteiger partial charge in [-0.1, -0.05) is 41.5 Å². The molecule has 0 N–H and O–H groups in total. The predicted molar refractivity (Wildman–Crippen MR) is 183 cm³/mol. The number of rotatable bonds is 1. The molecule has 4 saturated carbocycles. The largest absolute Gasteiger partial charge is 0.469 e. The molecule has 17 atom stereocenters. The van der Waals surface area contributed by atoms with E-state index < -0.39 is 0 Å². The van der Waals surface area contributed by atoms with Gasteiger partial charge in [0.15, 0.2) is 0 Å². The van der Waals surface area contributed by atoms with E-state index in [1.807, 2.05) is 6.92 Å². The Morgan fingerprint density at radius 2 is 1.38 bits per heavy atom. The van der Waals surface area contributed by atoms with E-state index >= 15 is 0 Å². The van der Waals surface area contributed by atoms with E-state index in [1.165, 1.54) is 13.5 Å². The highest BCUT2D eigenvalue weighted by Gasteiger charge is 2.67. The molecule has 53 heavy (non-hydrogen) atoms. The number of methoxy groups -OCH3 is 1. The summed E-state index contributed by atoms with van der Waals surface area (Å²) in [4.78, 5) is 66.5. The van der Waals surface area contributed by atoms with Crippen molar-refractivity contribution in [1.29, 1.82) is 0 Å². The molecule has 0 aromatic carbocycles. The highest BCUT2D eigenvalue weighted by Crippen LogP contribution is 2.60. The number of cyclic esters (lactones) is 2. The van der Waals surface area contributed by atoms with Gasteiger partial charge in [0.1, 0.15) is 24.4 Å². The zero-order chi connectivity index (χ0) is 38.1. The molecule has 13 nitrogen and oxygen atoms in total. The second-order valence-electron chi connectivity index (χ2n) is 18.2. The highest BCUT2D eigenvalue weighted by atomic mass is 16.6. The zero-order valence-electron chi connectivity index (χ0n) is 32.0. The summed E-state index contributed by atoms with van der Waals surface area (Å²) in [6.45, 7) is 13.8. The Kier molecular flexibility index (Phi) is 10.4. The van der Waals surface area contributed by atoms with Crippen molar-refractivity contribution in [3.63, 3.8) is 0 Å². The quantitative estimate of drug-likeness (QED) is 0.279. The molecule has 6 bridgehead atoms. The monoisotopic (exact) mass is 744 g/mol. The standard InChI is InChI=1S/C11H14O4.C9H12O2.C8H10O3.C7H12O2.C5H8O2/c1-4-5-3-6-8(7(5)10(12)14-2)11(13)15-9(4)6;1-4-5-2-6-7(3-5)9(10)11-8(4)6;1-3-5-2-4-7(10-5)6(3)11-8(4)9;1-7(2)3-4-9-6(8)5-7;1-4-2-5(6)7-3-4/h4-9H,3H2,1-2H3;4-8H,2-3H2,1H3;3-7H,2H2,1H3;3-5H2,1-2H3;4H,2-3H2,1H3. The van der Waals surface area contributed by atoms with Crippen molar-refractivity contribution in [3.05, 3.63) is 0 Å². The second kappa shape index (κ2) is 14.5. The van der Waals surface area contributed by atoms with Crippen LogP contribution in [0.15, 0.2) is 0 Å². The third-order valence-electron chi connectivity index (χ3n) is 14.3. The lowest BCUT2D eigenvalue weighted by Crippen LogP contribution is -2.37. The summed E-state index contributed by atoms with van der Waals surface area (Å²) in [5, 5.41) is 0. The van der Waals surface area contributed by atoms with E-state index in [1.54, 1.807) is 0 Å². The predicted octanol–water partition coefficient (Wildman–Crippen LogP) is 4.06. The Hall–Kier alpha value is -3.22. The van der Waals surface area contributed by atoms with Gasteiger partial charge in [-0.15, -0.1) is 0 Å². The van der Waals surface area contributed by atoms with Gasteiger partial charge in [0.2, 0.25) is 0 Å². The number of fused-ring (bicyclic) bond motifs is 3. The molecule has 0 spiro atoms. The minimum absolute atomic E-state index is 0.0353. The Morgan fingerprint density at radius 1 is 0.698 bits per heavy atom. The molecule has 7 aliphatic heterocycles. The van der Waals surface area contributed by atoms with E-state index in [9.17, 15) is 28.8 Å². The summed E-state index contributed by atoms with van der Waals surface area (Å²) in [5.74, 6) is 3.18. The lowest BCUT2D eigenvalue weighted by Gasteiger charge is -2.27. The highest BCUT2D eigenvalue weighted by molar-refractivity contribution is 5.86. The molecular formula is C40H56O13. The molecule has 294 valence electrons. The molecule has 7 saturated heterocycles. The lowest BCUT2D eigenvalue weighted by atomic mass is 9.75. The fourth-order valence-corrected chi connectivity index (χ4v) is 11.2. The summed E-state index contributed by atoms with van der Waals surface area (Å²) in [5.41, 5.74) is 0.176. The number of hydrogen-bond donors (Lipinski definition) is 0. The van der Waals surface area contributed by atoms with E-state index in [0.29, 0.717) is 73.8 Å². The van der Waals surface area contributed by atoms with Gasteiger partial charge in [-0.2, -0.15) is 0 Å². The van der Waals surface area contributed by atoms with Crippen molar-refractivity contribution >= 4 is 35.8 Å². The van der Waals surface area contributed by atoms with Crippen LogP contribution in [-0.4, -0.2) is 86.7 Å². The molecule has 7 heterocycles. The van der Waals surface area contributed by atoms with Crippen LogP contribution in [0.1, 0.15) is 86.5 Å². The number of carbonyl (C=O) groups is 6. The molecule has 0 aromatic heterocycles. The Labute approximate surface area is 311 Å². The summed E-state index contributed by atoms with van der Waals surface area (Å²) in [6.07, 6.45) is 7.22. The first kappa shape index (κ1) is 38.1. The van der Waals surface area contributed by atoms with Gasteiger partial charge in [0, 0.05) is 23.7 Å². The normalized spacial score (nSPS) is 47.0. The first-order valence-corrected chi connectivity index (χ1v) is 19.7. The molecule has 11 fully saturated rings. The van der Waals surface area contributed by atoms with Gasteiger partial charge in [0.25, 0.3) is 0 Å². The Balaban J connectivity index is 0.000000105. The maximum absolute atomic E-state index is 11.7. The minimum Gasteiger partial charge on any atom is -0.469 e. The van der Waals surface area contributed by atoms with Crippen molar-refractivity contribution < 1.29 is 61.9 Å². The number of esters is 6. The SMILES string of the molecule is CC1(C)CCOC(=O)C1.CC1C2CC3C(=O)OC1C3C2.CC1C2CC3C(=O)OC1C3O2.CC1COC(=O)C1.COC(=O)C1C2CC3C(OC(=O)C31)C2C. The van der Waals surface area contributed by atoms with Gasteiger partial charge in [-0.25, -0.2) is 0 Å². The van der Waals surface area contributed by atoms with Gasteiger partial charge in [-0.05, 0) is 61.2 Å². The summed E-state index contributed by atoms with van der Waals surface area (Å²) >= 11 is 0. The summed E-state index contributed by atoms with van der Waals surface area (Å²) < 4.78 is 35.6. The molecule has 4 aliphatic carbocycles. The maximum Gasteiger partial charge on any atom is 0.312 e. The van der Waals surface area contributed by atoms with Crippen LogP contribution in [0.5, 0.6) is 0 Å². The van der Waals surface area contributed by atoms with E-state index in [4.69, 9.17) is 28.4 Å². The van der Waals surface area contributed by atoms with Crippen molar-refractivity contribution in [1.82, 2.24) is 0 Å². The Bertz CT molecular complexity index is 1440. The zero-order valence-corrected chi connectivity index (χ0v) is 32.0. The average Bonchev–Trinajstić information content (AvgIpc) is 3.96. The van der Waals surface area contributed by atoms with Crippen LogP contribution in [0.4, 0.5) is 0 Å². The minimum atomic E-state index is -0.249. The van der Waals surface area contributed by atoms with E-state index in [0.717, 1.165) is 31.6 Å². The molecule has 17 unspecified atom stereocenters. The third kappa shape index (κ3) is 6.97. The van der Waals surface area contributed by atoms with Gasteiger partial charge in [0.05, 0.1) is 62.9 Å². The first-order valence-electron chi connectivity index (χ1n) is 19.7. The first-order chi connectivity index (χ1) is 25.1. The van der Waals surface area contributed by atoms with Gasteiger partial charge in [-0.3, -0.25) is 28.8 Å². The smallest absolute Gasteiger partial charge is 0.312 e. The van der Waals surface area contributed by atoms with Crippen molar-refractivity contribution in [2.24, 2.45) is 76.4 Å². The van der Waals surface area contributed by atoms with Crippen LogP contribution in [0, 0.1) is 76.4 Å². The van der Waals surface area contributed by atoms with Gasteiger partial charge >= 0.3 is 35.8 Å². The summed E-state index contributed by atoms with van der Waals surface area (Å²) in [6, 6.07) is 0. The van der Waals surface area contributed by atoms with E-state index in [2.05, 4.69) is 39.4 Å². The molecule has 0 radical (unpaired) electrons. The number of ether oxygens (including phenoxy) is 7. The van der Waals surface area contributed by atoms with E-state index in [-0.39, 0.29) is 89.1 Å². The molecular weight excluding hydrogens is 688 g/mol. The van der Waals surface area contributed by atoms with Crippen LogP contribution in [0.3, 0.4) is 0 Å². The fourth-order valence-electron chi connectivity index (χ4n) is 11.2. The van der Waals surface area contributed by atoms with Crippen molar-refractivity contribution in [2.75, 3.05) is 20.3 Å². The Morgan fingerprint density at radius 3 is 1.91 bits per heavy atom. The molecule has 0 aromatic rings. The van der Waals surface area contributed by atoms with Crippen LogP contribution >= 0.6 is 0 Å². The lowest BCUT2D eigenvalue weighted by molar-refractivity contribution is -0.153. The molecule has 11 aliphatic rings. The molecule has 13 heteroatoms. The fraction of sp³-hybridized carbons (Fsp3) is 0.850. The van der Waals surface area contributed by atoms with Crippen molar-refractivity contribution in [3.8, 4) is 0 Å². The van der Waals surface area contributed by atoms with Crippen LogP contribution in [0.2, 0.25) is 0 Å². The van der Waals surface area contributed by atoms with Crippen molar-refractivity contribution in [2.45, 2.75) is 117 Å². The second-order valence-corrected chi connectivity index (χ2v) is 18.2. The average molecular weight is 745 g/mol. The summed E-state index contributed by atoms with van der Waals surface area (Å²) in [7, 11) is 1.39. The number of carbonyl (C=O) groups excluding carboxylic acids is 6. The topological polar surface area (TPSA) is 167 Å².